The van der Waals surface area contributed by atoms with Gasteiger partial charge in [-0.1, -0.05) is 0 Å². The molecule has 0 fully saturated rings. The fraction of sp³-hybridized carbons (Fsp3) is 0.571. The van der Waals surface area contributed by atoms with Crippen molar-refractivity contribution in [2.24, 2.45) is 0 Å². The summed E-state index contributed by atoms with van der Waals surface area (Å²) in [6.45, 7) is 0. The van der Waals surface area contributed by atoms with Gasteiger partial charge in [0.05, 0.1) is 0 Å². The van der Waals surface area contributed by atoms with Crippen LogP contribution in [0.3, 0.4) is 0 Å². The number of hydrogen-bond donors (Lipinski definition) is 6. The average molecular weight is 342 g/mol. The molecule has 0 aliphatic rings. The summed E-state index contributed by atoms with van der Waals surface area (Å²) in [5.74, 6) is -0.123. The minimum Gasteiger partial charge on any atom is -0.357 e. The fourth-order valence-corrected chi connectivity index (χ4v) is 2.85. The molecular weight excluding hydrogens is 326 g/mol. The van der Waals surface area contributed by atoms with E-state index in [1.54, 1.807) is 0 Å². The zero-order chi connectivity index (χ0) is 16.3. The summed E-state index contributed by atoms with van der Waals surface area (Å²) >= 11 is 0. The lowest BCUT2D eigenvalue weighted by Crippen LogP contribution is -2.28. The summed E-state index contributed by atoms with van der Waals surface area (Å²) in [7, 11) is -6.14. The predicted octanol–water partition coefficient (Wildman–Crippen LogP) is -0.968. The van der Waals surface area contributed by atoms with Crippen LogP contribution < -0.4 is 15.5 Å². The molecule has 1 aromatic heterocycles. The largest absolute Gasteiger partial charge is 0.357 e. The number of nitrogens with one attached hydrogen (secondary N) is 2. The van der Waals surface area contributed by atoms with Crippen LogP contribution >= 0.6 is 15.2 Å². The van der Waals surface area contributed by atoms with Crippen molar-refractivity contribution in [3.63, 3.8) is 0 Å². The van der Waals surface area contributed by atoms with Crippen LogP contribution in [0.5, 0.6) is 0 Å². The quantitative estimate of drug-likeness (QED) is 0.334. The fourth-order valence-electron chi connectivity index (χ4n) is 1.35. The molecule has 1 heterocycles. The van der Waals surface area contributed by atoms with Crippen LogP contribution in [0.1, 0.15) is 0 Å². The van der Waals surface area contributed by atoms with Crippen LogP contribution in [-0.2, 0) is 9.13 Å². The lowest BCUT2D eigenvalue weighted by molar-refractivity contribution is 0.366. The van der Waals surface area contributed by atoms with Crippen LogP contribution in [0.4, 0.5) is 17.8 Å². The van der Waals surface area contributed by atoms with E-state index in [1.807, 2.05) is 0 Å². The third-order valence-electron chi connectivity index (χ3n) is 2.06. The van der Waals surface area contributed by atoms with Gasteiger partial charge in [-0.2, -0.15) is 15.0 Å². The standard InChI is InChI=1S/C7H16N6O6P2/c1-8-5-10-6(9-2)12-7(11-5)13(3-20(14,15)16)4-21(17,18)19/h3-4H2,1-2H3,(H2,14,15,16)(H2,17,18,19)(H2,8,9,10,11,12). The van der Waals surface area contributed by atoms with E-state index in [9.17, 15) is 9.13 Å². The van der Waals surface area contributed by atoms with Gasteiger partial charge in [-0.05, 0) is 0 Å². The molecule has 6 N–H and O–H groups in total. The summed E-state index contributed by atoms with van der Waals surface area (Å²) in [4.78, 5) is 48.3. The molecule has 0 aliphatic heterocycles. The van der Waals surface area contributed by atoms with E-state index in [1.165, 1.54) is 14.1 Å². The smallest absolute Gasteiger partial charge is 0.344 e. The number of anilines is 3. The van der Waals surface area contributed by atoms with E-state index in [0.29, 0.717) is 4.90 Å². The van der Waals surface area contributed by atoms with Crippen molar-refractivity contribution in [2.75, 3.05) is 42.2 Å². The van der Waals surface area contributed by atoms with E-state index in [0.717, 1.165) is 0 Å². The van der Waals surface area contributed by atoms with Gasteiger partial charge in [0, 0.05) is 14.1 Å². The molecule has 0 atom stereocenters. The Morgan fingerprint density at radius 2 is 1.29 bits per heavy atom. The zero-order valence-electron chi connectivity index (χ0n) is 11.2. The minimum absolute atomic E-state index is 0.0748. The first-order valence-corrected chi connectivity index (χ1v) is 9.09. The average Bonchev–Trinajstić information content (AvgIpc) is 2.34. The Balaban J connectivity index is 3.24. The van der Waals surface area contributed by atoms with Crippen molar-refractivity contribution >= 4 is 33.0 Å². The van der Waals surface area contributed by atoms with Gasteiger partial charge in [-0.3, -0.25) is 9.13 Å². The summed E-state index contributed by atoms with van der Waals surface area (Å²) in [5.41, 5.74) is 0. The molecule has 0 bridgehead atoms. The molecular formula is C7H16N6O6P2. The maximum atomic E-state index is 11.1. The Morgan fingerprint density at radius 1 is 0.905 bits per heavy atom. The van der Waals surface area contributed by atoms with Crippen LogP contribution in [0.2, 0.25) is 0 Å². The molecule has 1 rings (SSSR count). The van der Waals surface area contributed by atoms with E-state index in [-0.39, 0.29) is 17.8 Å². The molecule has 120 valence electrons. The van der Waals surface area contributed by atoms with Gasteiger partial charge < -0.3 is 35.1 Å². The number of aromatic nitrogens is 3. The van der Waals surface area contributed by atoms with Crippen molar-refractivity contribution in [2.45, 2.75) is 0 Å². The molecule has 0 saturated heterocycles. The van der Waals surface area contributed by atoms with E-state index < -0.39 is 27.8 Å². The molecule has 1 aromatic rings. The first-order chi connectivity index (χ1) is 9.54. The van der Waals surface area contributed by atoms with Crippen LogP contribution in [-0.4, -0.2) is 61.2 Å². The molecule has 12 nitrogen and oxygen atoms in total. The van der Waals surface area contributed by atoms with Crippen molar-refractivity contribution in [1.82, 2.24) is 15.0 Å². The third kappa shape index (κ3) is 6.34. The first kappa shape index (κ1) is 17.8. The van der Waals surface area contributed by atoms with Gasteiger partial charge in [0.25, 0.3) is 0 Å². The van der Waals surface area contributed by atoms with Crippen molar-refractivity contribution < 1.29 is 28.7 Å². The Labute approximate surface area is 120 Å². The van der Waals surface area contributed by atoms with Crippen LogP contribution in [0.15, 0.2) is 0 Å². The maximum Gasteiger partial charge on any atom is 0.344 e. The SMILES string of the molecule is CNc1nc(NC)nc(N(CP(=O)(O)O)CP(=O)(O)O)n1. The van der Waals surface area contributed by atoms with Gasteiger partial charge >= 0.3 is 15.2 Å². The molecule has 21 heavy (non-hydrogen) atoms. The second kappa shape index (κ2) is 6.65. The summed E-state index contributed by atoms with van der Waals surface area (Å²) in [6, 6.07) is 0. The Kier molecular flexibility index (Phi) is 5.62. The topological polar surface area (TPSA) is 181 Å². The second-order valence-electron chi connectivity index (χ2n) is 3.93. The first-order valence-electron chi connectivity index (χ1n) is 5.50. The molecule has 14 heteroatoms. The molecule has 0 spiro atoms. The number of rotatable bonds is 7. The van der Waals surface area contributed by atoms with Gasteiger partial charge in [-0.15, -0.1) is 0 Å². The summed E-state index contributed by atoms with van der Waals surface area (Å²) in [5, 5.41) is 5.21. The molecule has 0 radical (unpaired) electrons. The molecule has 0 aliphatic carbocycles. The number of nitrogens with zero attached hydrogens (tertiary/aromatic N) is 4. The zero-order valence-corrected chi connectivity index (χ0v) is 13.0. The maximum absolute atomic E-state index is 11.1. The Hall–Kier alpha value is -1.29. The van der Waals surface area contributed by atoms with Gasteiger partial charge in [0.2, 0.25) is 17.8 Å². The molecule has 0 amide bonds. The van der Waals surface area contributed by atoms with Gasteiger partial charge in [0.15, 0.2) is 0 Å². The Morgan fingerprint density at radius 3 is 1.57 bits per heavy atom. The Bertz CT molecular complexity index is 541. The summed E-state index contributed by atoms with van der Waals surface area (Å²) in [6.07, 6.45) is -1.87. The third-order valence-corrected chi connectivity index (χ3v) is 3.48. The highest BCUT2D eigenvalue weighted by molar-refractivity contribution is 7.53. The minimum atomic E-state index is -4.58. The van der Waals surface area contributed by atoms with E-state index in [2.05, 4.69) is 25.6 Å². The normalized spacial score (nSPS) is 12.1. The van der Waals surface area contributed by atoms with E-state index >= 15 is 0 Å². The molecule has 0 aromatic carbocycles. The van der Waals surface area contributed by atoms with Gasteiger partial charge in [-0.25, -0.2) is 0 Å². The van der Waals surface area contributed by atoms with E-state index in [4.69, 9.17) is 19.6 Å². The predicted molar refractivity (Wildman–Crippen MR) is 75.2 cm³/mol. The lowest BCUT2D eigenvalue weighted by Gasteiger charge is -2.23. The highest BCUT2D eigenvalue weighted by Gasteiger charge is 2.28. The number of hydrogen-bond acceptors (Lipinski definition) is 8. The highest BCUT2D eigenvalue weighted by Crippen LogP contribution is 2.42. The van der Waals surface area contributed by atoms with Crippen molar-refractivity contribution in [3.05, 3.63) is 0 Å². The highest BCUT2D eigenvalue weighted by atomic mass is 31.2. The van der Waals surface area contributed by atoms with Crippen LogP contribution in [0.25, 0.3) is 0 Å². The molecule has 0 unspecified atom stereocenters. The van der Waals surface area contributed by atoms with Crippen molar-refractivity contribution in [3.8, 4) is 0 Å². The van der Waals surface area contributed by atoms with Gasteiger partial charge in [0.1, 0.15) is 12.6 Å². The molecule has 0 saturated carbocycles. The second-order valence-corrected chi connectivity index (χ2v) is 7.16. The summed E-state index contributed by atoms with van der Waals surface area (Å²) < 4.78 is 22.2. The van der Waals surface area contributed by atoms with Crippen molar-refractivity contribution in [1.29, 1.82) is 0 Å². The monoisotopic (exact) mass is 342 g/mol. The lowest BCUT2D eigenvalue weighted by atomic mass is 10.7. The van der Waals surface area contributed by atoms with Crippen LogP contribution in [0, 0.1) is 0 Å².